The SMILES string of the molecule is CCOc1ccccc1[C@H]1[C@H](C(=O)c2ccc(C)cc2)N2c3ccccc3C=C[C@H]2C12C(=O)c1ccccc1C2=O. The van der Waals surface area contributed by atoms with Gasteiger partial charge in [-0.3, -0.25) is 14.4 Å². The van der Waals surface area contributed by atoms with Gasteiger partial charge in [0.25, 0.3) is 0 Å². The molecule has 3 aliphatic rings. The third-order valence-corrected chi connectivity index (χ3v) is 8.87. The maximum atomic E-state index is 14.8. The Morgan fingerprint density at radius 2 is 1.46 bits per heavy atom. The summed E-state index contributed by atoms with van der Waals surface area (Å²) in [5.74, 6) is -0.841. The van der Waals surface area contributed by atoms with Crippen molar-refractivity contribution >= 4 is 29.1 Å². The summed E-state index contributed by atoms with van der Waals surface area (Å²) in [5, 5.41) is 0. The molecule has 41 heavy (non-hydrogen) atoms. The number of nitrogens with zero attached hydrogens (tertiary/aromatic N) is 1. The average Bonchev–Trinajstić information content (AvgIpc) is 3.44. The van der Waals surface area contributed by atoms with Crippen molar-refractivity contribution in [3.8, 4) is 5.75 Å². The summed E-state index contributed by atoms with van der Waals surface area (Å²) >= 11 is 0. The first-order chi connectivity index (χ1) is 20.0. The predicted molar refractivity (Wildman–Crippen MR) is 159 cm³/mol. The number of carbonyl (C=O) groups is 3. The highest BCUT2D eigenvalue weighted by Crippen LogP contribution is 2.61. The summed E-state index contributed by atoms with van der Waals surface area (Å²) in [4.78, 5) is 46.3. The van der Waals surface area contributed by atoms with Gasteiger partial charge in [0.1, 0.15) is 17.2 Å². The Balaban J connectivity index is 1.56. The Morgan fingerprint density at radius 1 is 0.829 bits per heavy atom. The zero-order chi connectivity index (χ0) is 28.3. The molecule has 0 saturated carbocycles. The zero-order valence-electron chi connectivity index (χ0n) is 22.9. The molecule has 4 aromatic rings. The van der Waals surface area contributed by atoms with Gasteiger partial charge < -0.3 is 9.64 Å². The summed E-state index contributed by atoms with van der Waals surface area (Å²) in [7, 11) is 0. The number of aryl methyl sites for hydroxylation is 1. The number of ketones is 3. The monoisotopic (exact) mass is 539 g/mol. The molecule has 2 heterocycles. The summed E-state index contributed by atoms with van der Waals surface area (Å²) in [6.07, 6.45) is 3.93. The molecule has 0 radical (unpaired) electrons. The predicted octanol–water partition coefficient (Wildman–Crippen LogP) is 6.71. The van der Waals surface area contributed by atoms with E-state index in [0.29, 0.717) is 34.6 Å². The lowest BCUT2D eigenvalue weighted by Gasteiger charge is -2.37. The molecule has 2 aliphatic heterocycles. The number of carbonyl (C=O) groups excluding carboxylic acids is 3. The maximum Gasteiger partial charge on any atom is 0.185 e. The minimum Gasteiger partial charge on any atom is -0.494 e. The van der Waals surface area contributed by atoms with Crippen LogP contribution in [0.25, 0.3) is 6.08 Å². The van der Waals surface area contributed by atoms with Crippen molar-refractivity contribution in [3.63, 3.8) is 0 Å². The number of hydrogen-bond acceptors (Lipinski definition) is 5. The third-order valence-electron chi connectivity index (χ3n) is 8.87. The molecule has 1 fully saturated rings. The Hall–Kier alpha value is -4.77. The van der Waals surface area contributed by atoms with Crippen molar-refractivity contribution in [1.29, 1.82) is 0 Å². The number of Topliss-reactive ketones (excluding diaryl/α,β-unsaturated/α-hetero) is 3. The number of hydrogen-bond donors (Lipinski definition) is 0. The Bertz CT molecular complexity index is 1720. The van der Waals surface area contributed by atoms with Crippen LogP contribution in [0, 0.1) is 12.3 Å². The van der Waals surface area contributed by atoms with E-state index >= 15 is 0 Å². The van der Waals surface area contributed by atoms with Crippen molar-refractivity contribution in [2.24, 2.45) is 5.41 Å². The van der Waals surface area contributed by atoms with Crippen molar-refractivity contribution in [2.75, 3.05) is 11.5 Å². The van der Waals surface area contributed by atoms with Crippen molar-refractivity contribution in [2.45, 2.75) is 31.8 Å². The van der Waals surface area contributed by atoms with Crippen LogP contribution in [0.5, 0.6) is 5.75 Å². The van der Waals surface area contributed by atoms with Crippen LogP contribution in [0.1, 0.15) is 60.6 Å². The smallest absolute Gasteiger partial charge is 0.185 e. The van der Waals surface area contributed by atoms with Crippen LogP contribution in [-0.4, -0.2) is 36.0 Å². The molecule has 0 aromatic heterocycles. The lowest BCUT2D eigenvalue weighted by molar-refractivity contribution is 0.0664. The molecule has 0 amide bonds. The van der Waals surface area contributed by atoms with E-state index in [2.05, 4.69) is 0 Å². The molecular formula is C36H29NO4. The van der Waals surface area contributed by atoms with E-state index in [-0.39, 0.29) is 17.3 Å². The molecule has 5 heteroatoms. The van der Waals surface area contributed by atoms with Gasteiger partial charge in [0.15, 0.2) is 17.3 Å². The van der Waals surface area contributed by atoms with E-state index in [0.717, 1.165) is 16.8 Å². The second-order valence-corrected chi connectivity index (χ2v) is 11.0. The summed E-state index contributed by atoms with van der Waals surface area (Å²) in [6.45, 7) is 4.29. The van der Waals surface area contributed by atoms with E-state index in [9.17, 15) is 14.4 Å². The van der Waals surface area contributed by atoms with Gasteiger partial charge in [0.05, 0.1) is 12.6 Å². The fourth-order valence-corrected chi connectivity index (χ4v) is 7.17. The number of benzene rings is 4. The van der Waals surface area contributed by atoms with Gasteiger partial charge in [-0.2, -0.15) is 0 Å². The van der Waals surface area contributed by atoms with Gasteiger partial charge in [-0.15, -0.1) is 0 Å². The molecule has 1 saturated heterocycles. The number of rotatable bonds is 5. The summed E-state index contributed by atoms with van der Waals surface area (Å²) in [6, 6.07) is 28.5. The van der Waals surface area contributed by atoms with E-state index in [1.54, 1.807) is 24.3 Å². The second kappa shape index (κ2) is 9.41. The molecule has 7 rings (SSSR count). The first kappa shape index (κ1) is 25.2. The summed E-state index contributed by atoms with van der Waals surface area (Å²) in [5.41, 5.74) is 3.31. The first-order valence-corrected chi connectivity index (χ1v) is 14.0. The maximum absolute atomic E-state index is 14.8. The highest BCUT2D eigenvalue weighted by molar-refractivity contribution is 6.32. The number of fused-ring (bicyclic) bond motifs is 5. The van der Waals surface area contributed by atoms with Gasteiger partial charge in [-0.25, -0.2) is 0 Å². The Kier molecular flexibility index (Phi) is 5.79. The molecule has 0 N–H and O–H groups in total. The highest BCUT2D eigenvalue weighted by Gasteiger charge is 2.71. The first-order valence-electron chi connectivity index (χ1n) is 14.0. The largest absolute Gasteiger partial charge is 0.494 e. The van der Waals surface area contributed by atoms with Crippen LogP contribution < -0.4 is 9.64 Å². The van der Waals surface area contributed by atoms with Crippen LogP contribution in [0.15, 0.2) is 103 Å². The number of anilines is 1. The Morgan fingerprint density at radius 3 is 2.17 bits per heavy atom. The van der Waals surface area contributed by atoms with Gasteiger partial charge >= 0.3 is 0 Å². The van der Waals surface area contributed by atoms with Crippen LogP contribution in [0.4, 0.5) is 5.69 Å². The molecular weight excluding hydrogens is 510 g/mol. The third kappa shape index (κ3) is 3.45. The topological polar surface area (TPSA) is 63.7 Å². The normalized spacial score (nSPS) is 21.5. The van der Waals surface area contributed by atoms with Gasteiger partial charge in [-0.05, 0) is 31.5 Å². The molecule has 0 bridgehead atoms. The fraction of sp³-hybridized carbons (Fsp3) is 0.194. The highest BCUT2D eigenvalue weighted by atomic mass is 16.5. The van der Waals surface area contributed by atoms with Crippen molar-refractivity contribution in [3.05, 3.63) is 137 Å². The minimum atomic E-state index is -1.55. The summed E-state index contributed by atoms with van der Waals surface area (Å²) < 4.78 is 6.10. The van der Waals surface area contributed by atoms with Gasteiger partial charge in [0.2, 0.25) is 0 Å². The van der Waals surface area contributed by atoms with E-state index in [4.69, 9.17) is 4.74 Å². The second-order valence-electron chi connectivity index (χ2n) is 11.0. The van der Waals surface area contributed by atoms with Crippen LogP contribution in [0.2, 0.25) is 0 Å². The number of ether oxygens (including phenoxy) is 1. The lowest BCUT2D eigenvalue weighted by Crippen LogP contribution is -2.48. The lowest BCUT2D eigenvalue weighted by atomic mass is 9.64. The van der Waals surface area contributed by atoms with E-state index in [1.165, 1.54) is 0 Å². The standard InChI is InChI=1S/C36H29NO4/c1-3-41-29-15-9-7-13-27(29)31-32(33(38)24-18-16-22(2)17-19-24)37-28-14-8-4-10-23(28)20-21-30(37)36(31)34(39)25-11-5-6-12-26(25)35(36)40/h4-21,30-32H,3H2,1-2H3/t30-,31-,32+/m0/s1. The zero-order valence-corrected chi connectivity index (χ0v) is 22.9. The molecule has 1 spiro atoms. The van der Waals surface area contributed by atoms with Gasteiger partial charge in [0, 0.05) is 33.9 Å². The molecule has 3 atom stereocenters. The number of para-hydroxylation sites is 2. The average molecular weight is 540 g/mol. The molecule has 4 aromatic carbocycles. The van der Waals surface area contributed by atoms with Crippen LogP contribution >= 0.6 is 0 Å². The molecule has 1 aliphatic carbocycles. The Labute approximate surface area is 239 Å². The minimum absolute atomic E-state index is 0.134. The fourth-order valence-electron chi connectivity index (χ4n) is 7.17. The van der Waals surface area contributed by atoms with E-state index in [1.807, 2.05) is 104 Å². The molecule has 0 unspecified atom stereocenters. The van der Waals surface area contributed by atoms with Crippen LogP contribution in [0.3, 0.4) is 0 Å². The van der Waals surface area contributed by atoms with Crippen molar-refractivity contribution < 1.29 is 19.1 Å². The quantitative estimate of drug-likeness (QED) is 0.208. The van der Waals surface area contributed by atoms with Crippen LogP contribution in [-0.2, 0) is 0 Å². The van der Waals surface area contributed by atoms with E-state index < -0.39 is 23.4 Å². The molecule has 5 nitrogen and oxygen atoms in total. The molecule has 202 valence electrons. The van der Waals surface area contributed by atoms with Crippen molar-refractivity contribution in [1.82, 2.24) is 0 Å². The van der Waals surface area contributed by atoms with Gasteiger partial charge in [-0.1, -0.05) is 103 Å².